The third-order valence-corrected chi connectivity index (χ3v) is 1.97. The smallest absolute Gasteiger partial charge is 0.0870 e. The molecular formula is C5H7N3S. The minimum absolute atomic E-state index is 1.08. The highest BCUT2D eigenvalue weighted by atomic mass is 32.1. The van der Waals surface area contributed by atoms with E-state index in [2.05, 4.69) is 23.1 Å². The van der Waals surface area contributed by atoms with Crippen LogP contribution in [0.5, 0.6) is 0 Å². The molecule has 4 heteroatoms. The topological polar surface area (TPSA) is 30.7 Å². The fraction of sp³-hybridized carbons (Fsp3) is 0.600. The molecule has 0 aromatic carbocycles. The average Bonchev–Trinajstić information content (AvgIpc) is 2.35. The Kier molecular flexibility index (Phi) is 1.02. The van der Waals surface area contributed by atoms with E-state index in [1.54, 1.807) is 4.09 Å². The van der Waals surface area contributed by atoms with Crippen LogP contribution in [0.1, 0.15) is 17.8 Å². The fourth-order valence-electron chi connectivity index (χ4n) is 1.19. The van der Waals surface area contributed by atoms with E-state index < -0.39 is 0 Å². The van der Waals surface area contributed by atoms with Crippen LogP contribution in [0, 0.1) is 0 Å². The number of nitrogens with zero attached hydrogens (tertiary/aromatic N) is 3. The van der Waals surface area contributed by atoms with Gasteiger partial charge in [-0.1, -0.05) is 5.21 Å². The molecule has 1 aliphatic carbocycles. The molecule has 1 heterocycles. The van der Waals surface area contributed by atoms with E-state index in [4.69, 9.17) is 0 Å². The van der Waals surface area contributed by atoms with Gasteiger partial charge in [0, 0.05) is 0 Å². The Hall–Kier alpha value is -0.510. The normalized spacial score (nSPS) is 16.1. The van der Waals surface area contributed by atoms with Gasteiger partial charge in [-0.3, -0.25) is 0 Å². The highest BCUT2D eigenvalue weighted by molar-refractivity contribution is 7.78. The summed E-state index contributed by atoms with van der Waals surface area (Å²) in [6.07, 6.45) is 3.38. The highest BCUT2D eigenvalue weighted by Crippen LogP contribution is 2.18. The molecule has 2 rings (SSSR count). The van der Waals surface area contributed by atoms with Crippen LogP contribution in [0.25, 0.3) is 0 Å². The van der Waals surface area contributed by atoms with E-state index in [-0.39, 0.29) is 0 Å². The molecule has 0 aliphatic heterocycles. The minimum Gasteiger partial charge on any atom is -0.193 e. The van der Waals surface area contributed by atoms with Crippen molar-refractivity contribution in [2.45, 2.75) is 19.3 Å². The first-order chi connectivity index (χ1) is 4.38. The second-order valence-electron chi connectivity index (χ2n) is 2.23. The number of hydrogen-bond acceptors (Lipinski definition) is 3. The van der Waals surface area contributed by atoms with Crippen molar-refractivity contribution in [3.05, 3.63) is 11.4 Å². The van der Waals surface area contributed by atoms with E-state index in [1.807, 2.05) is 0 Å². The van der Waals surface area contributed by atoms with E-state index in [0.29, 0.717) is 0 Å². The summed E-state index contributed by atoms with van der Waals surface area (Å²) < 4.78 is 1.57. The summed E-state index contributed by atoms with van der Waals surface area (Å²) in [7, 11) is 0. The first kappa shape index (κ1) is 5.29. The van der Waals surface area contributed by atoms with Gasteiger partial charge in [-0.2, -0.15) is 4.09 Å². The molecule has 0 unspecified atom stereocenters. The molecule has 9 heavy (non-hydrogen) atoms. The molecule has 0 fully saturated rings. The quantitative estimate of drug-likeness (QED) is 0.532. The molecule has 0 bridgehead atoms. The summed E-state index contributed by atoms with van der Waals surface area (Å²) >= 11 is 4.08. The number of fused-ring (bicyclic) bond motifs is 1. The maximum absolute atomic E-state index is 4.08. The van der Waals surface area contributed by atoms with E-state index in [0.717, 1.165) is 18.5 Å². The van der Waals surface area contributed by atoms with E-state index >= 15 is 0 Å². The van der Waals surface area contributed by atoms with Gasteiger partial charge in [0.15, 0.2) is 0 Å². The van der Waals surface area contributed by atoms with Gasteiger partial charge in [0.25, 0.3) is 0 Å². The molecule has 3 nitrogen and oxygen atoms in total. The molecule has 0 spiro atoms. The van der Waals surface area contributed by atoms with Crippen molar-refractivity contribution in [3.8, 4) is 0 Å². The zero-order valence-electron chi connectivity index (χ0n) is 4.91. The Morgan fingerprint density at radius 1 is 1.44 bits per heavy atom. The summed E-state index contributed by atoms with van der Waals surface area (Å²) in [6, 6.07) is 0. The van der Waals surface area contributed by atoms with Crippen LogP contribution in [0.2, 0.25) is 0 Å². The van der Waals surface area contributed by atoms with Crippen molar-refractivity contribution in [2.75, 3.05) is 0 Å². The third kappa shape index (κ3) is 0.660. The minimum atomic E-state index is 1.08. The largest absolute Gasteiger partial charge is 0.193 e. The van der Waals surface area contributed by atoms with Gasteiger partial charge in [0.05, 0.1) is 11.4 Å². The standard InChI is InChI=1S/C5H7N3S/c9-8-5-3-1-2-4(5)6-7-8/h9H,1-3H2. The molecule has 1 aromatic rings. The summed E-state index contributed by atoms with van der Waals surface area (Å²) in [5.41, 5.74) is 2.32. The highest BCUT2D eigenvalue weighted by Gasteiger charge is 2.16. The number of thiol groups is 1. The number of aromatic nitrogens is 3. The van der Waals surface area contributed by atoms with Gasteiger partial charge < -0.3 is 0 Å². The summed E-state index contributed by atoms with van der Waals surface area (Å²) in [4.78, 5) is 0. The SMILES string of the molecule is Sn1nnc2c1CCC2. The van der Waals surface area contributed by atoms with Gasteiger partial charge in [-0.05, 0) is 32.1 Å². The lowest BCUT2D eigenvalue weighted by molar-refractivity contribution is 0.786. The van der Waals surface area contributed by atoms with Gasteiger partial charge in [0.1, 0.15) is 0 Å². The van der Waals surface area contributed by atoms with Crippen molar-refractivity contribution >= 4 is 12.8 Å². The second kappa shape index (κ2) is 1.73. The number of rotatable bonds is 0. The predicted octanol–water partition coefficient (Wildman–Crippen LogP) is 0.460. The van der Waals surface area contributed by atoms with Crippen LogP contribution in [-0.4, -0.2) is 14.4 Å². The molecule has 0 N–H and O–H groups in total. The van der Waals surface area contributed by atoms with Crippen LogP contribution in [0.4, 0.5) is 0 Å². The lowest BCUT2D eigenvalue weighted by Crippen LogP contribution is -1.88. The van der Waals surface area contributed by atoms with Gasteiger partial charge >= 0.3 is 0 Å². The van der Waals surface area contributed by atoms with E-state index in [9.17, 15) is 0 Å². The third-order valence-electron chi connectivity index (χ3n) is 1.65. The lowest BCUT2D eigenvalue weighted by atomic mass is 10.4. The second-order valence-corrected chi connectivity index (χ2v) is 2.60. The Balaban J connectivity index is 2.56. The molecule has 1 aromatic heterocycles. The van der Waals surface area contributed by atoms with Crippen molar-refractivity contribution in [2.24, 2.45) is 0 Å². The first-order valence-corrected chi connectivity index (χ1v) is 3.40. The van der Waals surface area contributed by atoms with Crippen molar-refractivity contribution in [1.29, 1.82) is 0 Å². The first-order valence-electron chi connectivity index (χ1n) is 3.00. The Morgan fingerprint density at radius 2 is 2.33 bits per heavy atom. The molecule has 0 saturated heterocycles. The Morgan fingerprint density at radius 3 is 3.11 bits per heavy atom. The number of aryl methyl sites for hydroxylation is 1. The van der Waals surface area contributed by atoms with Crippen molar-refractivity contribution in [1.82, 2.24) is 14.4 Å². The lowest BCUT2D eigenvalue weighted by Gasteiger charge is -1.88. The number of hydrogen-bond donors (Lipinski definition) is 1. The molecule has 1 aliphatic rings. The fourth-order valence-corrected chi connectivity index (χ4v) is 1.44. The van der Waals surface area contributed by atoms with Gasteiger partial charge in [-0.25, -0.2) is 0 Å². The molecule has 0 amide bonds. The van der Waals surface area contributed by atoms with Crippen molar-refractivity contribution in [3.63, 3.8) is 0 Å². The predicted molar refractivity (Wildman–Crippen MR) is 36.4 cm³/mol. The maximum atomic E-state index is 4.08. The maximum Gasteiger partial charge on any atom is 0.0870 e. The summed E-state index contributed by atoms with van der Waals surface area (Å²) in [6.45, 7) is 0. The molecule has 48 valence electrons. The summed E-state index contributed by atoms with van der Waals surface area (Å²) in [5.74, 6) is 0. The summed E-state index contributed by atoms with van der Waals surface area (Å²) in [5, 5.41) is 7.70. The molecule has 0 radical (unpaired) electrons. The Bertz CT molecular complexity index is 230. The zero-order valence-corrected chi connectivity index (χ0v) is 5.80. The van der Waals surface area contributed by atoms with Gasteiger partial charge in [0.2, 0.25) is 0 Å². The zero-order chi connectivity index (χ0) is 6.27. The molecule has 0 atom stereocenters. The van der Waals surface area contributed by atoms with Crippen LogP contribution < -0.4 is 0 Å². The average molecular weight is 141 g/mol. The van der Waals surface area contributed by atoms with E-state index in [1.165, 1.54) is 12.1 Å². The van der Waals surface area contributed by atoms with Crippen molar-refractivity contribution < 1.29 is 0 Å². The van der Waals surface area contributed by atoms with Crippen LogP contribution in [-0.2, 0) is 12.8 Å². The Labute approximate surface area is 58.6 Å². The van der Waals surface area contributed by atoms with Gasteiger partial charge in [-0.15, -0.1) is 5.10 Å². The molecular weight excluding hydrogens is 134 g/mol. The van der Waals surface area contributed by atoms with Crippen LogP contribution >= 0.6 is 12.8 Å². The molecule has 0 saturated carbocycles. The van der Waals surface area contributed by atoms with Crippen LogP contribution in [0.15, 0.2) is 0 Å². The monoisotopic (exact) mass is 141 g/mol. The van der Waals surface area contributed by atoms with Crippen LogP contribution in [0.3, 0.4) is 0 Å².